The first-order valence-corrected chi connectivity index (χ1v) is 4.25. The molecule has 0 saturated heterocycles. The van der Waals surface area contributed by atoms with E-state index in [0.29, 0.717) is 0 Å². The van der Waals surface area contributed by atoms with E-state index in [2.05, 4.69) is 16.1 Å². The van der Waals surface area contributed by atoms with E-state index in [4.69, 9.17) is 5.11 Å². The largest absolute Gasteiger partial charge is 0.573 e. The smallest absolute Gasteiger partial charge is 0.478 e. The highest BCUT2D eigenvalue weighted by Crippen LogP contribution is 2.35. The van der Waals surface area contributed by atoms with Crippen LogP contribution in [0, 0.1) is 0 Å². The van der Waals surface area contributed by atoms with Crippen molar-refractivity contribution in [2.75, 3.05) is 0 Å². The predicted octanol–water partition coefficient (Wildman–Crippen LogP) is 2.81. The third-order valence-electron chi connectivity index (χ3n) is 1.64. The zero-order valence-electron chi connectivity index (χ0n) is 8.32. The fourth-order valence-electron chi connectivity index (χ4n) is 1.09. The minimum atomic E-state index is -4.93. The molecular weight excluding hydrogens is 241 g/mol. The van der Waals surface area contributed by atoms with E-state index in [0.717, 1.165) is 24.5 Å². The lowest BCUT2D eigenvalue weighted by Crippen LogP contribution is -2.18. The number of carboxylic acid groups (broad SMARTS) is 1. The third kappa shape index (κ3) is 3.40. The molecule has 0 aliphatic carbocycles. The van der Waals surface area contributed by atoms with E-state index in [-0.39, 0.29) is 0 Å². The third-order valence-corrected chi connectivity index (χ3v) is 1.64. The number of hydrogen-bond donors (Lipinski definition) is 1. The summed E-state index contributed by atoms with van der Waals surface area (Å²) in [5, 5.41) is 8.76. The Balaban J connectivity index is 3.24. The van der Waals surface area contributed by atoms with Crippen LogP contribution in [-0.4, -0.2) is 17.4 Å². The number of para-hydroxylation sites is 1. The summed E-state index contributed by atoms with van der Waals surface area (Å²) < 4.78 is 44.4. The lowest BCUT2D eigenvalue weighted by molar-refractivity contribution is -0.275. The Morgan fingerprint density at radius 2 is 2.06 bits per heavy atom. The molecule has 7 heteroatoms. The van der Waals surface area contributed by atoms with Gasteiger partial charge in [-0.3, -0.25) is 0 Å². The number of aromatic carboxylic acids is 1. The van der Waals surface area contributed by atoms with Crippen LogP contribution >= 0.6 is 0 Å². The molecule has 0 spiro atoms. The first-order valence-electron chi connectivity index (χ1n) is 4.25. The number of halogens is 3. The zero-order valence-corrected chi connectivity index (χ0v) is 8.32. The second-order valence-electron chi connectivity index (χ2n) is 2.77. The predicted molar refractivity (Wildman–Crippen MR) is 50.9 cm³/mol. The minimum absolute atomic E-state index is 0.452. The Hall–Kier alpha value is -2.18. The van der Waals surface area contributed by atoms with Gasteiger partial charge in [0.05, 0.1) is 6.26 Å². The maximum absolute atomic E-state index is 12.0. The molecule has 0 radical (unpaired) electrons. The van der Waals surface area contributed by atoms with Crippen molar-refractivity contribution in [3.8, 4) is 11.5 Å². The number of rotatable bonds is 4. The van der Waals surface area contributed by atoms with Gasteiger partial charge in [0.2, 0.25) is 0 Å². The van der Waals surface area contributed by atoms with Crippen LogP contribution in [0.25, 0.3) is 0 Å². The molecular formula is C10H7F3O4. The molecule has 1 rings (SSSR count). The number of carbonyl (C=O) groups is 1. The van der Waals surface area contributed by atoms with Crippen LogP contribution in [0.4, 0.5) is 13.2 Å². The molecule has 4 nitrogen and oxygen atoms in total. The Morgan fingerprint density at radius 3 is 2.53 bits per heavy atom. The van der Waals surface area contributed by atoms with Crippen molar-refractivity contribution in [2.24, 2.45) is 0 Å². The van der Waals surface area contributed by atoms with Gasteiger partial charge in [0.15, 0.2) is 11.5 Å². The number of hydrogen-bond acceptors (Lipinski definition) is 3. The van der Waals surface area contributed by atoms with Crippen LogP contribution in [0.15, 0.2) is 31.0 Å². The van der Waals surface area contributed by atoms with Crippen molar-refractivity contribution in [3.05, 3.63) is 36.6 Å². The quantitative estimate of drug-likeness (QED) is 0.832. The van der Waals surface area contributed by atoms with Crippen LogP contribution in [0.3, 0.4) is 0 Å². The first kappa shape index (κ1) is 12.9. The van der Waals surface area contributed by atoms with Gasteiger partial charge in [0, 0.05) is 0 Å². The zero-order chi connectivity index (χ0) is 13.1. The molecule has 0 unspecified atom stereocenters. The van der Waals surface area contributed by atoms with E-state index in [9.17, 15) is 18.0 Å². The summed E-state index contributed by atoms with van der Waals surface area (Å²) >= 11 is 0. The normalized spacial score (nSPS) is 10.8. The number of alkyl halides is 3. The summed E-state index contributed by atoms with van der Waals surface area (Å²) in [6.45, 7) is 3.14. The molecule has 1 aromatic carbocycles. The molecule has 0 aliphatic rings. The van der Waals surface area contributed by atoms with E-state index < -0.39 is 29.4 Å². The summed E-state index contributed by atoms with van der Waals surface area (Å²) in [6.07, 6.45) is -4.12. The van der Waals surface area contributed by atoms with E-state index in [1.165, 1.54) is 0 Å². The number of benzene rings is 1. The summed E-state index contributed by atoms with van der Waals surface area (Å²) in [6, 6.07) is 3.14. The maximum Gasteiger partial charge on any atom is 0.573 e. The van der Waals surface area contributed by atoms with E-state index in [1.807, 2.05) is 0 Å². The lowest BCUT2D eigenvalue weighted by Gasteiger charge is -2.13. The van der Waals surface area contributed by atoms with Gasteiger partial charge in [-0.1, -0.05) is 12.6 Å². The van der Waals surface area contributed by atoms with Gasteiger partial charge < -0.3 is 14.6 Å². The van der Waals surface area contributed by atoms with Crippen molar-refractivity contribution in [3.63, 3.8) is 0 Å². The highest BCUT2D eigenvalue weighted by atomic mass is 19.4. The second kappa shape index (κ2) is 4.77. The summed E-state index contributed by atoms with van der Waals surface area (Å²) in [5.41, 5.74) is -0.452. The summed E-state index contributed by atoms with van der Waals surface area (Å²) in [4.78, 5) is 10.8. The van der Waals surface area contributed by atoms with Crippen molar-refractivity contribution in [1.29, 1.82) is 0 Å². The van der Waals surface area contributed by atoms with Crippen molar-refractivity contribution < 1.29 is 32.5 Å². The molecule has 0 atom stereocenters. The number of ether oxygens (including phenoxy) is 2. The van der Waals surface area contributed by atoms with E-state index in [1.54, 1.807) is 0 Å². The van der Waals surface area contributed by atoms with Gasteiger partial charge in [-0.15, -0.1) is 13.2 Å². The fraction of sp³-hybridized carbons (Fsp3) is 0.100. The first-order chi connectivity index (χ1) is 7.85. The Labute approximate surface area is 93.9 Å². The lowest BCUT2D eigenvalue weighted by atomic mass is 10.2. The van der Waals surface area contributed by atoms with Gasteiger partial charge >= 0.3 is 12.3 Å². The molecule has 17 heavy (non-hydrogen) atoms. The average Bonchev–Trinajstić information content (AvgIpc) is 2.18. The summed E-state index contributed by atoms with van der Waals surface area (Å²) in [7, 11) is 0. The maximum atomic E-state index is 12.0. The fourth-order valence-corrected chi connectivity index (χ4v) is 1.09. The van der Waals surface area contributed by atoms with Gasteiger partial charge in [0.1, 0.15) is 5.56 Å². The minimum Gasteiger partial charge on any atom is -0.478 e. The second-order valence-corrected chi connectivity index (χ2v) is 2.77. The molecule has 0 aliphatic heterocycles. The van der Waals surface area contributed by atoms with Gasteiger partial charge in [-0.05, 0) is 12.1 Å². The molecule has 0 heterocycles. The monoisotopic (exact) mass is 248 g/mol. The van der Waals surface area contributed by atoms with Crippen molar-refractivity contribution in [1.82, 2.24) is 0 Å². The van der Waals surface area contributed by atoms with Crippen LogP contribution in [0.5, 0.6) is 11.5 Å². The Morgan fingerprint density at radius 1 is 1.41 bits per heavy atom. The topological polar surface area (TPSA) is 55.8 Å². The van der Waals surface area contributed by atoms with Gasteiger partial charge in [0.25, 0.3) is 0 Å². The standard InChI is InChI=1S/C10H7F3O4/c1-2-16-8-6(9(14)15)4-3-5-7(8)17-10(11,12)13/h2-5H,1H2,(H,14,15). The SMILES string of the molecule is C=COc1c(OC(F)(F)F)cccc1C(=O)O. The Bertz CT molecular complexity index is 440. The van der Waals surface area contributed by atoms with Crippen molar-refractivity contribution in [2.45, 2.75) is 6.36 Å². The number of carboxylic acids is 1. The molecule has 92 valence electrons. The van der Waals surface area contributed by atoms with Gasteiger partial charge in [-0.25, -0.2) is 4.79 Å². The van der Waals surface area contributed by atoms with Gasteiger partial charge in [-0.2, -0.15) is 0 Å². The molecule has 0 aromatic heterocycles. The molecule has 1 aromatic rings. The van der Waals surface area contributed by atoms with Crippen LogP contribution in [0.2, 0.25) is 0 Å². The van der Waals surface area contributed by atoms with Crippen LogP contribution in [-0.2, 0) is 0 Å². The Kier molecular flexibility index (Phi) is 3.62. The molecule has 0 fully saturated rings. The highest BCUT2D eigenvalue weighted by Gasteiger charge is 2.33. The average molecular weight is 248 g/mol. The molecule has 1 N–H and O–H groups in total. The molecule has 0 amide bonds. The van der Waals surface area contributed by atoms with E-state index >= 15 is 0 Å². The molecule has 0 bridgehead atoms. The van der Waals surface area contributed by atoms with Crippen LogP contribution in [0.1, 0.15) is 10.4 Å². The van der Waals surface area contributed by atoms with Crippen LogP contribution < -0.4 is 9.47 Å². The summed E-state index contributed by atoms with van der Waals surface area (Å²) in [5.74, 6) is -2.72. The molecule has 0 saturated carbocycles. The van der Waals surface area contributed by atoms with Crippen molar-refractivity contribution >= 4 is 5.97 Å². The highest BCUT2D eigenvalue weighted by molar-refractivity contribution is 5.92.